The molecule has 0 aliphatic rings. The second kappa shape index (κ2) is 4.15. The predicted molar refractivity (Wildman–Crippen MR) is 57.6 cm³/mol. The lowest BCUT2D eigenvalue weighted by atomic mass is 10.1. The lowest BCUT2D eigenvalue weighted by Gasteiger charge is -2.16. The highest BCUT2D eigenvalue weighted by Crippen LogP contribution is 2.14. The molecule has 2 N–H and O–H groups in total. The lowest BCUT2D eigenvalue weighted by Crippen LogP contribution is -2.34. The van der Waals surface area contributed by atoms with Crippen LogP contribution >= 0.6 is 11.8 Å². The molecule has 1 heterocycles. The molecular formula is C9H17N3S. The minimum absolute atomic E-state index is 0.0839. The number of hydrogen-bond donors (Lipinski definition) is 1. The fourth-order valence-electron chi connectivity index (χ4n) is 0.959. The van der Waals surface area contributed by atoms with Crippen LogP contribution in [0.25, 0.3) is 0 Å². The third-order valence-electron chi connectivity index (χ3n) is 1.49. The van der Waals surface area contributed by atoms with Gasteiger partial charge in [-0.2, -0.15) is 16.9 Å². The maximum atomic E-state index is 5.86. The van der Waals surface area contributed by atoms with E-state index in [1.165, 1.54) is 0 Å². The molecule has 0 spiro atoms. The number of nitrogens with two attached hydrogens (primary N) is 1. The maximum absolute atomic E-state index is 5.86. The molecule has 4 heteroatoms. The van der Waals surface area contributed by atoms with Gasteiger partial charge in [-0.15, -0.1) is 0 Å². The van der Waals surface area contributed by atoms with Crippen molar-refractivity contribution in [1.29, 1.82) is 0 Å². The molecule has 0 radical (unpaired) electrons. The average Bonchev–Trinajstić information content (AvgIpc) is 2.33. The predicted octanol–water partition coefficient (Wildman–Crippen LogP) is 1.39. The van der Waals surface area contributed by atoms with Crippen molar-refractivity contribution in [3.63, 3.8) is 0 Å². The molecule has 1 aromatic heterocycles. The molecule has 0 saturated heterocycles. The summed E-state index contributed by atoms with van der Waals surface area (Å²) in [6.45, 7) is 4.08. The number of rotatable bonds is 4. The van der Waals surface area contributed by atoms with E-state index in [1.54, 1.807) is 0 Å². The summed E-state index contributed by atoms with van der Waals surface area (Å²) in [5, 5.41) is 4.29. The van der Waals surface area contributed by atoms with Crippen LogP contribution in [0, 0.1) is 0 Å². The number of nitrogens with zero attached hydrogens (tertiary/aromatic N) is 2. The lowest BCUT2D eigenvalue weighted by molar-refractivity contribution is 0.591. The highest BCUT2D eigenvalue weighted by Gasteiger charge is 2.10. The van der Waals surface area contributed by atoms with E-state index in [-0.39, 0.29) is 5.54 Å². The fraction of sp³-hybridized carbons (Fsp3) is 0.667. The Morgan fingerprint density at radius 3 is 2.77 bits per heavy atom. The van der Waals surface area contributed by atoms with Gasteiger partial charge in [0.05, 0.1) is 5.69 Å². The standard InChI is InChI=1S/C9H17N3S/c1-9(2,10)7-13-6-8-4-5-12(3)11-8/h4-5H,6-7,10H2,1-3H3. The third kappa shape index (κ3) is 4.33. The largest absolute Gasteiger partial charge is 0.325 e. The van der Waals surface area contributed by atoms with Crippen molar-refractivity contribution in [2.75, 3.05) is 5.75 Å². The molecule has 0 saturated carbocycles. The van der Waals surface area contributed by atoms with E-state index in [4.69, 9.17) is 5.73 Å². The summed E-state index contributed by atoms with van der Waals surface area (Å²) < 4.78 is 1.82. The van der Waals surface area contributed by atoms with E-state index in [1.807, 2.05) is 49.6 Å². The van der Waals surface area contributed by atoms with Gasteiger partial charge in [-0.3, -0.25) is 4.68 Å². The molecular weight excluding hydrogens is 182 g/mol. The summed E-state index contributed by atoms with van der Waals surface area (Å²) in [4.78, 5) is 0. The van der Waals surface area contributed by atoms with Gasteiger partial charge in [0.15, 0.2) is 0 Å². The SMILES string of the molecule is Cn1ccc(CSCC(C)(C)N)n1. The second-order valence-electron chi connectivity index (χ2n) is 3.96. The first-order chi connectivity index (χ1) is 5.97. The molecule has 0 unspecified atom stereocenters. The molecule has 74 valence electrons. The molecule has 13 heavy (non-hydrogen) atoms. The zero-order valence-electron chi connectivity index (χ0n) is 8.45. The van der Waals surface area contributed by atoms with Gasteiger partial charge in [-0.25, -0.2) is 0 Å². The van der Waals surface area contributed by atoms with Crippen molar-refractivity contribution in [1.82, 2.24) is 9.78 Å². The maximum Gasteiger partial charge on any atom is 0.0723 e. The van der Waals surface area contributed by atoms with Gasteiger partial charge < -0.3 is 5.73 Å². The molecule has 0 aliphatic heterocycles. The Labute approximate surface area is 83.7 Å². The van der Waals surface area contributed by atoms with E-state index in [2.05, 4.69) is 5.10 Å². The number of hydrogen-bond acceptors (Lipinski definition) is 3. The van der Waals surface area contributed by atoms with Crippen molar-refractivity contribution in [3.8, 4) is 0 Å². The molecule has 3 nitrogen and oxygen atoms in total. The van der Waals surface area contributed by atoms with Gasteiger partial charge in [-0.05, 0) is 19.9 Å². The quantitative estimate of drug-likeness (QED) is 0.797. The first kappa shape index (κ1) is 10.6. The van der Waals surface area contributed by atoms with Crippen molar-refractivity contribution < 1.29 is 0 Å². The van der Waals surface area contributed by atoms with Crippen LogP contribution < -0.4 is 5.73 Å². The van der Waals surface area contributed by atoms with Crippen LogP contribution in [0.2, 0.25) is 0 Å². The Hall–Kier alpha value is -0.480. The second-order valence-corrected chi connectivity index (χ2v) is 4.95. The molecule has 1 aromatic rings. The Balaban J connectivity index is 2.28. The van der Waals surface area contributed by atoms with Gasteiger partial charge in [0.1, 0.15) is 0 Å². The van der Waals surface area contributed by atoms with E-state index < -0.39 is 0 Å². The van der Waals surface area contributed by atoms with Crippen LogP contribution in [0.3, 0.4) is 0 Å². The van der Waals surface area contributed by atoms with E-state index in [0.717, 1.165) is 17.2 Å². The zero-order valence-corrected chi connectivity index (χ0v) is 9.27. The summed E-state index contributed by atoms with van der Waals surface area (Å²) in [5.74, 6) is 1.91. The Morgan fingerprint density at radius 2 is 2.31 bits per heavy atom. The Kier molecular flexibility index (Phi) is 3.39. The van der Waals surface area contributed by atoms with Gasteiger partial charge >= 0.3 is 0 Å². The molecule has 1 rings (SSSR count). The van der Waals surface area contributed by atoms with E-state index >= 15 is 0 Å². The van der Waals surface area contributed by atoms with Gasteiger partial charge in [0.25, 0.3) is 0 Å². The third-order valence-corrected chi connectivity index (χ3v) is 2.94. The summed E-state index contributed by atoms with van der Waals surface area (Å²) in [7, 11) is 1.93. The first-order valence-electron chi connectivity index (χ1n) is 4.32. The van der Waals surface area contributed by atoms with Crippen LogP contribution in [0.15, 0.2) is 12.3 Å². The van der Waals surface area contributed by atoms with E-state index in [0.29, 0.717) is 0 Å². The average molecular weight is 199 g/mol. The highest BCUT2D eigenvalue weighted by atomic mass is 32.2. The summed E-state index contributed by atoms with van der Waals surface area (Å²) in [5.41, 5.74) is 6.90. The van der Waals surface area contributed by atoms with Crippen LogP contribution in [0.1, 0.15) is 19.5 Å². The summed E-state index contributed by atoms with van der Waals surface area (Å²) in [6, 6.07) is 2.04. The molecule has 0 amide bonds. The molecule has 0 bridgehead atoms. The Morgan fingerprint density at radius 1 is 1.62 bits per heavy atom. The normalized spacial score (nSPS) is 12.0. The number of thioether (sulfide) groups is 1. The number of aromatic nitrogens is 2. The topological polar surface area (TPSA) is 43.8 Å². The summed E-state index contributed by atoms with van der Waals surface area (Å²) >= 11 is 1.83. The van der Waals surface area contributed by atoms with Crippen molar-refractivity contribution in [2.45, 2.75) is 25.1 Å². The minimum atomic E-state index is -0.0839. The van der Waals surface area contributed by atoms with Crippen LogP contribution in [0.4, 0.5) is 0 Å². The van der Waals surface area contributed by atoms with Crippen LogP contribution in [-0.2, 0) is 12.8 Å². The van der Waals surface area contributed by atoms with E-state index in [9.17, 15) is 0 Å². The highest BCUT2D eigenvalue weighted by molar-refractivity contribution is 7.98. The van der Waals surface area contributed by atoms with Crippen LogP contribution in [-0.4, -0.2) is 21.1 Å². The van der Waals surface area contributed by atoms with Crippen molar-refractivity contribution >= 4 is 11.8 Å². The smallest absolute Gasteiger partial charge is 0.0723 e. The Bertz CT molecular complexity index is 262. The van der Waals surface area contributed by atoms with Crippen molar-refractivity contribution in [3.05, 3.63) is 18.0 Å². The van der Waals surface area contributed by atoms with Gasteiger partial charge in [0, 0.05) is 30.3 Å². The zero-order chi connectivity index (χ0) is 9.90. The molecule has 0 fully saturated rings. The summed E-state index contributed by atoms with van der Waals surface area (Å²) in [6.07, 6.45) is 1.96. The van der Waals surface area contributed by atoms with Gasteiger partial charge in [0.2, 0.25) is 0 Å². The fourth-order valence-corrected chi connectivity index (χ4v) is 1.95. The molecule has 0 aromatic carbocycles. The molecule has 0 aliphatic carbocycles. The van der Waals surface area contributed by atoms with Gasteiger partial charge in [-0.1, -0.05) is 0 Å². The number of aryl methyl sites for hydroxylation is 1. The molecule has 0 atom stereocenters. The monoisotopic (exact) mass is 199 g/mol. The minimum Gasteiger partial charge on any atom is -0.325 e. The van der Waals surface area contributed by atoms with Crippen LogP contribution in [0.5, 0.6) is 0 Å². The first-order valence-corrected chi connectivity index (χ1v) is 5.48. The van der Waals surface area contributed by atoms with Crippen molar-refractivity contribution in [2.24, 2.45) is 12.8 Å².